The third-order valence-electron chi connectivity index (χ3n) is 2.15. The summed E-state index contributed by atoms with van der Waals surface area (Å²) in [7, 11) is 0. The molecule has 60 valence electrons. The van der Waals surface area contributed by atoms with Gasteiger partial charge in [0.25, 0.3) is 0 Å². The second-order valence-electron chi connectivity index (χ2n) is 4.17. The van der Waals surface area contributed by atoms with Crippen molar-refractivity contribution in [3.63, 3.8) is 0 Å². The van der Waals surface area contributed by atoms with Gasteiger partial charge in [0.2, 0.25) is 0 Å². The molecule has 0 aromatic carbocycles. The maximum Gasteiger partial charge on any atom is 0.102 e. The van der Waals surface area contributed by atoms with Crippen molar-refractivity contribution < 1.29 is 4.39 Å². The minimum atomic E-state index is -0.668. The van der Waals surface area contributed by atoms with Gasteiger partial charge in [-0.3, -0.25) is 0 Å². The van der Waals surface area contributed by atoms with E-state index in [2.05, 4.69) is 13.8 Å². The van der Waals surface area contributed by atoms with E-state index < -0.39 is 6.17 Å². The van der Waals surface area contributed by atoms with Crippen LogP contribution in [0.15, 0.2) is 0 Å². The lowest BCUT2D eigenvalue weighted by Gasteiger charge is -2.35. The molecule has 0 aliphatic heterocycles. The van der Waals surface area contributed by atoms with Crippen LogP contribution in [0.25, 0.3) is 0 Å². The van der Waals surface area contributed by atoms with Crippen molar-refractivity contribution >= 4 is 0 Å². The van der Waals surface area contributed by atoms with E-state index >= 15 is 0 Å². The summed E-state index contributed by atoms with van der Waals surface area (Å²) < 4.78 is 12.8. The fourth-order valence-electron chi connectivity index (χ4n) is 1.89. The van der Waals surface area contributed by atoms with E-state index in [0.29, 0.717) is 12.8 Å². The van der Waals surface area contributed by atoms with E-state index in [1.54, 1.807) is 0 Å². The zero-order valence-corrected chi connectivity index (χ0v) is 6.73. The summed E-state index contributed by atoms with van der Waals surface area (Å²) in [4.78, 5) is 0. The Bertz CT molecular complexity index is 110. The normalized spacial score (nSPS) is 39.6. The van der Waals surface area contributed by atoms with Gasteiger partial charge in [0, 0.05) is 6.04 Å². The largest absolute Gasteiger partial charge is 0.328 e. The fraction of sp³-hybridized carbons (Fsp3) is 1.00. The first-order chi connectivity index (χ1) is 4.49. The second kappa shape index (κ2) is 2.50. The molecule has 0 spiro atoms. The minimum absolute atomic E-state index is 0.0822. The molecule has 0 aromatic heterocycles. The zero-order chi connectivity index (χ0) is 7.78. The lowest BCUT2D eigenvalue weighted by molar-refractivity contribution is 0.123. The smallest absolute Gasteiger partial charge is 0.102 e. The average Bonchev–Trinajstić information content (AvgIpc) is 1.54. The van der Waals surface area contributed by atoms with Crippen LogP contribution in [0.1, 0.15) is 33.1 Å². The van der Waals surface area contributed by atoms with Crippen LogP contribution >= 0.6 is 0 Å². The minimum Gasteiger partial charge on any atom is -0.328 e. The number of nitrogens with two attached hydrogens (primary N) is 1. The summed E-state index contributed by atoms with van der Waals surface area (Å²) in [6.45, 7) is 4.16. The number of hydrogen-bond acceptors (Lipinski definition) is 1. The Morgan fingerprint density at radius 2 is 2.00 bits per heavy atom. The van der Waals surface area contributed by atoms with E-state index in [9.17, 15) is 4.39 Å². The molecular weight excluding hydrogens is 129 g/mol. The van der Waals surface area contributed by atoms with Crippen LogP contribution < -0.4 is 5.73 Å². The van der Waals surface area contributed by atoms with Gasteiger partial charge in [-0.05, 0) is 24.7 Å². The predicted molar refractivity (Wildman–Crippen MR) is 40.5 cm³/mol. The van der Waals surface area contributed by atoms with Crippen molar-refractivity contribution in [2.24, 2.45) is 11.1 Å². The molecule has 1 aliphatic rings. The number of hydrogen-bond donors (Lipinski definition) is 1. The molecule has 0 saturated heterocycles. The van der Waals surface area contributed by atoms with Crippen LogP contribution in [0.3, 0.4) is 0 Å². The maximum atomic E-state index is 12.8. The Balaban J connectivity index is 2.51. The van der Waals surface area contributed by atoms with Crippen LogP contribution in [0.4, 0.5) is 4.39 Å². The van der Waals surface area contributed by atoms with E-state index in [1.165, 1.54) is 0 Å². The highest BCUT2D eigenvalue weighted by atomic mass is 19.1. The van der Waals surface area contributed by atoms with E-state index in [4.69, 9.17) is 5.73 Å². The third kappa shape index (κ3) is 1.94. The molecule has 1 aliphatic carbocycles. The molecule has 0 aromatic rings. The fourth-order valence-corrected chi connectivity index (χ4v) is 1.89. The molecule has 0 radical (unpaired) electrons. The Morgan fingerprint density at radius 3 is 2.40 bits per heavy atom. The first-order valence-corrected chi connectivity index (χ1v) is 3.89. The number of alkyl halides is 1. The molecule has 0 heterocycles. The van der Waals surface area contributed by atoms with Gasteiger partial charge < -0.3 is 5.73 Å². The monoisotopic (exact) mass is 145 g/mol. The Hall–Kier alpha value is -0.110. The van der Waals surface area contributed by atoms with Gasteiger partial charge in [-0.15, -0.1) is 0 Å². The van der Waals surface area contributed by atoms with Gasteiger partial charge in [-0.25, -0.2) is 4.39 Å². The Morgan fingerprint density at radius 1 is 1.40 bits per heavy atom. The molecule has 2 N–H and O–H groups in total. The first-order valence-electron chi connectivity index (χ1n) is 3.89. The summed E-state index contributed by atoms with van der Waals surface area (Å²) in [6.07, 6.45) is 1.54. The number of halogens is 1. The Kier molecular flexibility index (Phi) is 1.99. The highest BCUT2D eigenvalue weighted by Gasteiger charge is 2.31. The first kappa shape index (κ1) is 7.99. The molecule has 1 saturated carbocycles. The summed E-state index contributed by atoms with van der Waals surface area (Å²) in [6, 6.07) is 0.0822. The molecule has 1 nitrogen and oxygen atoms in total. The van der Waals surface area contributed by atoms with Crippen LogP contribution in [0, 0.1) is 5.41 Å². The van der Waals surface area contributed by atoms with E-state index in [-0.39, 0.29) is 11.5 Å². The van der Waals surface area contributed by atoms with Gasteiger partial charge in [0.05, 0.1) is 0 Å². The highest BCUT2D eigenvalue weighted by Crippen LogP contribution is 2.35. The van der Waals surface area contributed by atoms with Crippen molar-refractivity contribution in [3.05, 3.63) is 0 Å². The zero-order valence-electron chi connectivity index (χ0n) is 6.73. The molecule has 2 atom stereocenters. The SMILES string of the molecule is CC1(C)CC(N)CC(F)C1. The van der Waals surface area contributed by atoms with Gasteiger partial charge in [0.1, 0.15) is 6.17 Å². The van der Waals surface area contributed by atoms with Crippen molar-refractivity contribution in [3.8, 4) is 0 Å². The standard InChI is InChI=1S/C8H16FN/c1-8(2)4-6(9)3-7(10)5-8/h6-7H,3-5,10H2,1-2H3. The van der Waals surface area contributed by atoms with E-state index in [1.807, 2.05) is 0 Å². The summed E-state index contributed by atoms with van der Waals surface area (Å²) >= 11 is 0. The quantitative estimate of drug-likeness (QED) is 0.553. The van der Waals surface area contributed by atoms with Gasteiger partial charge in [0.15, 0.2) is 0 Å². The lowest BCUT2D eigenvalue weighted by atomic mass is 9.74. The highest BCUT2D eigenvalue weighted by molar-refractivity contribution is 4.85. The maximum absolute atomic E-state index is 12.8. The lowest BCUT2D eigenvalue weighted by Crippen LogP contribution is -2.37. The van der Waals surface area contributed by atoms with Crippen LogP contribution in [0.5, 0.6) is 0 Å². The predicted octanol–water partition coefficient (Wildman–Crippen LogP) is 1.86. The number of rotatable bonds is 0. The van der Waals surface area contributed by atoms with Crippen LogP contribution in [-0.2, 0) is 0 Å². The summed E-state index contributed by atoms with van der Waals surface area (Å²) in [5.74, 6) is 0. The van der Waals surface area contributed by atoms with Gasteiger partial charge in [-0.2, -0.15) is 0 Å². The van der Waals surface area contributed by atoms with Gasteiger partial charge >= 0.3 is 0 Å². The van der Waals surface area contributed by atoms with Crippen molar-refractivity contribution in [1.29, 1.82) is 0 Å². The van der Waals surface area contributed by atoms with Crippen molar-refractivity contribution in [2.75, 3.05) is 0 Å². The molecule has 0 bridgehead atoms. The van der Waals surface area contributed by atoms with Crippen LogP contribution in [-0.4, -0.2) is 12.2 Å². The third-order valence-corrected chi connectivity index (χ3v) is 2.15. The molecule has 1 fully saturated rings. The van der Waals surface area contributed by atoms with Crippen molar-refractivity contribution in [1.82, 2.24) is 0 Å². The van der Waals surface area contributed by atoms with Crippen LogP contribution in [0.2, 0.25) is 0 Å². The molecule has 1 rings (SSSR count). The second-order valence-corrected chi connectivity index (χ2v) is 4.17. The molecule has 10 heavy (non-hydrogen) atoms. The Labute approximate surface area is 61.8 Å². The molecule has 2 heteroatoms. The molecular formula is C8H16FN. The molecule has 0 amide bonds. The van der Waals surface area contributed by atoms with Gasteiger partial charge in [-0.1, -0.05) is 13.8 Å². The molecule has 2 unspecified atom stereocenters. The summed E-state index contributed by atoms with van der Waals surface area (Å²) in [5.41, 5.74) is 5.78. The van der Waals surface area contributed by atoms with Crippen molar-refractivity contribution in [2.45, 2.75) is 45.3 Å². The van der Waals surface area contributed by atoms with E-state index in [0.717, 1.165) is 6.42 Å². The topological polar surface area (TPSA) is 26.0 Å². The average molecular weight is 145 g/mol. The summed E-state index contributed by atoms with van der Waals surface area (Å²) in [5, 5.41) is 0.